The molecule has 1 N–H and O–H groups in total. The second-order valence-corrected chi connectivity index (χ2v) is 9.32. The van der Waals surface area contributed by atoms with Crippen molar-refractivity contribution in [1.29, 1.82) is 0 Å². The summed E-state index contributed by atoms with van der Waals surface area (Å²) in [6.07, 6.45) is 9.10. The fourth-order valence-electron chi connectivity index (χ4n) is 7.04. The van der Waals surface area contributed by atoms with Crippen molar-refractivity contribution in [3.05, 3.63) is 11.6 Å². The molecule has 0 aromatic carbocycles. The van der Waals surface area contributed by atoms with E-state index in [4.69, 9.17) is 0 Å². The number of allylic oxidation sites excluding steroid dienone is 2. The molecule has 0 aromatic heterocycles. The summed E-state index contributed by atoms with van der Waals surface area (Å²) in [5, 5.41) is 10.2. The molecule has 3 unspecified atom stereocenters. The standard InChI is InChI=1S/C20H31FO/c1-12-10-17-15-7-5-13-4-6-14(22)11-20(13,3)16(15)8-9-19(17,2)18(12)21/h5,12,14-18,22H,4,6-11H2,1-3H3/t12?,14?,15-,16-,17+,18?,19+,20+/m1/s1. The van der Waals surface area contributed by atoms with Gasteiger partial charge in [-0.3, -0.25) is 0 Å². The molecule has 1 nitrogen and oxygen atoms in total. The van der Waals surface area contributed by atoms with E-state index < -0.39 is 6.17 Å². The lowest BCUT2D eigenvalue weighted by molar-refractivity contribution is -0.0620. The van der Waals surface area contributed by atoms with Crippen LogP contribution in [0.1, 0.15) is 65.7 Å². The smallest absolute Gasteiger partial charge is 0.108 e. The summed E-state index contributed by atoms with van der Waals surface area (Å²) in [4.78, 5) is 0. The van der Waals surface area contributed by atoms with Gasteiger partial charge in [0.25, 0.3) is 0 Å². The second kappa shape index (κ2) is 4.82. The zero-order valence-corrected chi connectivity index (χ0v) is 14.3. The maximum Gasteiger partial charge on any atom is 0.108 e. The summed E-state index contributed by atoms with van der Waals surface area (Å²) >= 11 is 0. The molecule has 22 heavy (non-hydrogen) atoms. The molecular formula is C20H31FO. The normalized spacial score (nSPS) is 57.6. The topological polar surface area (TPSA) is 20.2 Å². The van der Waals surface area contributed by atoms with Gasteiger partial charge >= 0.3 is 0 Å². The minimum atomic E-state index is -0.617. The molecule has 3 saturated carbocycles. The van der Waals surface area contributed by atoms with E-state index in [1.54, 1.807) is 5.57 Å². The Morgan fingerprint density at radius 3 is 2.77 bits per heavy atom. The van der Waals surface area contributed by atoms with Crippen molar-refractivity contribution in [3.8, 4) is 0 Å². The first kappa shape index (κ1) is 15.2. The SMILES string of the molecule is CC1C[C@H]2[C@@H]3CC=C4CCC(O)C[C@]4(C)[C@@H]3CC[C@]2(C)C1F. The monoisotopic (exact) mass is 306 g/mol. The first-order valence-corrected chi connectivity index (χ1v) is 9.38. The van der Waals surface area contributed by atoms with Crippen LogP contribution < -0.4 is 0 Å². The van der Waals surface area contributed by atoms with Gasteiger partial charge in [-0.15, -0.1) is 0 Å². The quantitative estimate of drug-likeness (QED) is 0.631. The highest BCUT2D eigenvalue weighted by atomic mass is 19.1. The highest BCUT2D eigenvalue weighted by Gasteiger charge is 2.60. The number of hydrogen-bond acceptors (Lipinski definition) is 1. The van der Waals surface area contributed by atoms with Gasteiger partial charge in [0, 0.05) is 5.41 Å². The number of rotatable bonds is 0. The van der Waals surface area contributed by atoms with Gasteiger partial charge in [-0.05, 0) is 74.0 Å². The molecule has 0 bridgehead atoms. The summed E-state index contributed by atoms with van der Waals surface area (Å²) in [7, 11) is 0. The zero-order chi connectivity index (χ0) is 15.7. The third-order valence-electron chi connectivity index (χ3n) is 8.22. The molecule has 0 amide bonds. The summed E-state index contributed by atoms with van der Waals surface area (Å²) < 4.78 is 14.8. The molecule has 2 heteroatoms. The van der Waals surface area contributed by atoms with Crippen molar-refractivity contribution in [1.82, 2.24) is 0 Å². The van der Waals surface area contributed by atoms with Crippen molar-refractivity contribution >= 4 is 0 Å². The molecule has 4 rings (SSSR count). The number of aliphatic hydroxyl groups excluding tert-OH is 1. The Hall–Kier alpha value is -0.370. The van der Waals surface area contributed by atoms with Crippen LogP contribution in [0.2, 0.25) is 0 Å². The van der Waals surface area contributed by atoms with Gasteiger partial charge < -0.3 is 5.11 Å². The number of aliphatic hydroxyl groups is 1. The van der Waals surface area contributed by atoms with E-state index in [-0.39, 0.29) is 22.9 Å². The molecule has 4 aliphatic carbocycles. The van der Waals surface area contributed by atoms with Gasteiger partial charge in [0.05, 0.1) is 6.10 Å². The van der Waals surface area contributed by atoms with E-state index in [1.165, 1.54) is 0 Å². The van der Waals surface area contributed by atoms with Crippen molar-refractivity contribution in [3.63, 3.8) is 0 Å². The van der Waals surface area contributed by atoms with Crippen LogP contribution in [0.15, 0.2) is 11.6 Å². The molecule has 0 radical (unpaired) electrons. The van der Waals surface area contributed by atoms with E-state index in [1.807, 2.05) is 0 Å². The molecule has 0 heterocycles. The molecule has 0 aliphatic heterocycles. The Kier molecular flexibility index (Phi) is 3.32. The van der Waals surface area contributed by atoms with Gasteiger partial charge in [-0.25, -0.2) is 4.39 Å². The lowest BCUT2D eigenvalue weighted by Crippen LogP contribution is -2.51. The molecule has 0 saturated heterocycles. The third kappa shape index (κ3) is 1.85. The average molecular weight is 306 g/mol. The van der Waals surface area contributed by atoms with Crippen LogP contribution in [0, 0.1) is 34.5 Å². The average Bonchev–Trinajstić information content (AvgIpc) is 2.70. The minimum absolute atomic E-state index is 0.0877. The van der Waals surface area contributed by atoms with Crippen molar-refractivity contribution < 1.29 is 9.50 Å². The summed E-state index contributed by atoms with van der Waals surface area (Å²) in [5.41, 5.74) is 1.69. The highest BCUT2D eigenvalue weighted by Crippen LogP contribution is 2.66. The summed E-state index contributed by atoms with van der Waals surface area (Å²) in [6.45, 7) is 6.73. The van der Waals surface area contributed by atoms with E-state index in [2.05, 4.69) is 26.8 Å². The largest absolute Gasteiger partial charge is 0.393 e. The van der Waals surface area contributed by atoms with Gasteiger partial charge in [0.15, 0.2) is 0 Å². The van der Waals surface area contributed by atoms with Gasteiger partial charge in [0.1, 0.15) is 6.17 Å². The maximum absolute atomic E-state index is 14.8. The van der Waals surface area contributed by atoms with E-state index in [0.717, 1.165) is 44.9 Å². The molecule has 0 spiro atoms. The first-order chi connectivity index (χ1) is 10.4. The summed E-state index contributed by atoms with van der Waals surface area (Å²) in [5.74, 6) is 2.08. The number of alkyl halides is 1. The van der Waals surface area contributed by atoms with Crippen molar-refractivity contribution in [2.24, 2.45) is 34.5 Å². The molecule has 4 aliphatic rings. The Balaban J connectivity index is 1.69. The van der Waals surface area contributed by atoms with Crippen LogP contribution in [0.25, 0.3) is 0 Å². The Morgan fingerprint density at radius 2 is 2.00 bits per heavy atom. The van der Waals surface area contributed by atoms with Crippen molar-refractivity contribution in [2.45, 2.75) is 78.0 Å². The fourth-order valence-corrected chi connectivity index (χ4v) is 7.04. The van der Waals surface area contributed by atoms with Crippen LogP contribution in [0.4, 0.5) is 4.39 Å². The highest BCUT2D eigenvalue weighted by molar-refractivity contribution is 5.25. The van der Waals surface area contributed by atoms with Crippen LogP contribution in [-0.2, 0) is 0 Å². The van der Waals surface area contributed by atoms with E-state index in [0.29, 0.717) is 17.8 Å². The Morgan fingerprint density at radius 1 is 1.23 bits per heavy atom. The first-order valence-electron chi connectivity index (χ1n) is 9.38. The zero-order valence-electron chi connectivity index (χ0n) is 14.3. The lowest BCUT2D eigenvalue weighted by atomic mass is 9.48. The maximum atomic E-state index is 14.8. The molecule has 0 aromatic rings. The molecular weight excluding hydrogens is 275 g/mol. The van der Waals surface area contributed by atoms with E-state index >= 15 is 0 Å². The number of hydrogen-bond donors (Lipinski definition) is 1. The van der Waals surface area contributed by atoms with Crippen LogP contribution in [0.3, 0.4) is 0 Å². The molecule has 8 atom stereocenters. The van der Waals surface area contributed by atoms with Gasteiger partial charge in [0.2, 0.25) is 0 Å². The predicted molar refractivity (Wildman–Crippen MR) is 87.2 cm³/mol. The molecule has 124 valence electrons. The van der Waals surface area contributed by atoms with Crippen LogP contribution >= 0.6 is 0 Å². The number of halogens is 1. The van der Waals surface area contributed by atoms with Gasteiger partial charge in [-0.1, -0.05) is 32.4 Å². The lowest BCUT2D eigenvalue weighted by Gasteiger charge is -2.57. The van der Waals surface area contributed by atoms with E-state index in [9.17, 15) is 9.50 Å². The summed E-state index contributed by atoms with van der Waals surface area (Å²) in [6, 6.07) is 0. The third-order valence-corrected chi connectivity index (χ3v) is 8.22. The predicted octanol–water partition coefficient (Wildman–Crippen LogP) is 4.89. The fraction of sp³-hybridized carbons (Fsp3) is 0.900. The van der Waals surface area contributed by atoms with Crippen LogP contribution in [0.5, 0.6) is 0 Å². The minimum Gasteiger partial charge on any atom is -0.393 e. The second-order valence-electron chi connectivity index (χ2n) is 9.32. The Labute approximate surface area is 134 Å². The molecule has 3 fully saturated rings. The van der Waals surface area contributed by atoms with Gasteiger partial charge in [-0.2, -0.15) is 0 Å². The van der Waals surface area contributed by atoms with Crippen LogP contribution in [-0.4, -0.2) is 17.4 Å². The Bertz CT molecular complexity index is 500. The van der Waals surface area contributed by atoms with Crippen molar-refractivity contribution in [2.75, 3.05) is 0 Å². The number of fused-ring (bicyclic) bond motifs is 5.